The summed E-state index contributed by atoms with van der Waals surface area (Å²) >= 11 is 0. The number of pyridine rings is 1. The van der Waals surface area contributed by atoms with Gasteiger partial charge in [0.25, 0.3) is 0 Å². The van der Waals surface area contributed by atoms with Crippen LogP contribution in [0.25, 0.3) is 15.7 Å². The monoisotopic (exact) mass is 353 g/mol. The summed E-state index contributed by atoms with van der Waals surface area (Å²) in [6, 6.07) is 9.17. The van der Waals surface area contributed by atoms with Crippen molar-refractivity contribution in [1.29, 1.82) is 0 Å². The van der Waals surface area contributed by atoms with E-state index in [1.807, 2.05) is 0 Å². The summed E-state index contributed by atoms with van der Waals surface area (Å²) in [5, 5.41) is 0.620. The molecule has 1 heterocycles. The molecule has 6 nitrogen and oxygen atoms in total. The van der Waals surface area contributed by atoms with Gasteiger partial charge in [-0.3, -0.25) is 4.98 Å². The van der Waals surface area contributed by atoms with Crippen molar-refractivity contribution in [3.63, 3.8) is 0 Å². The number of nitrogens with zero attached hydrogens (tertiary/aromatic N) is 2. The van der Waals surface area contributed by atoms with Crippen LogP contribution in [0.2, 0.25) is 0 Å². The Hall–Kier alpha value is -3.37. The number of hydrogen-bond acceptors (Lipinski definition) is 5. The highest BCUT2D eigenvalue weighted by molar-refractivity contribution is 5.91. The molecule has 0 amide bonds. The van der Waals surface area contributed by atoms with Gasteiger partial charge >= 0.3 is 0 Å². The van der Waals surface area contributed by atoms with Crippen LogP contribution in [0.3, 0.4) is 0 Å². The fourth-order valence-electron chi connectivity index (χ4n) is 2.36. The molecule has 0 aliphatic carbocycles. The van der Waals surface area contributed by atoms with E-state index in [0.717, 1.165) is 0 Å². The Balaban J connectivity index is 1.98. The predicted molar refractivity (Wildman–Crippen MR) is 96.3 cm³/mol. The number of nitrogens with two attached hydrogens (primary N) is 1. The second-order valence-corrected chi connectivity index (χ2v) is 5.38. The highest BCUT2D eigenvalue weighted by Crippen LogP contribution is 2.37. The van der Waals surface area contributed by atoms with E-state index in [1.54, 1.807) is 37.6 Å². The van der Waals surface area contributed by atoms with E-state index in [4.69, 9.17) is 26.5 Å². The van der Waals surface area contributed by atoms with Crippen LogP contribution < -0.4 is 15.2 Å². The normalized spacial score (nSPS) is 10.5. The molecule has 3 rings (SSSR count). The van der Waals surface area contributed by atoms with Crippen LogP contribution in [0, 0.1) is 12.4 Å². The molecular weight excluding hydrogens is 337 g/mol. The topological polar surface area (TPSA) is 71.0 Å². The molecule has 0 unspecified atom stereocenters. The first-order valence-corrected chi connectivity index (χ1v) is 7.77. The molecule has 3 aromatic rings. The van der Waals surface area contributed by atoms with Crippen molar-refractivity contribution >= 4 is 22.3 Å². The average Bonchev–Trinajstić information content (AvgIpc) is 2.64. The standard InChI is InChI=1S/C19H16FN3O3/c1-22-17-10-13-16(11-19(17)25-8-7-24-2)23-6-5-18(13)26-12-3-4-15(21)14(20)9-12/h3-6,9-11H,7-8,21H2,2H3. The number of halogens is 1. The molecule has 0 radical (unpaired) electrons. The second-order valence-electron chi connectivity index (χ2n) is 5.38. The molecule has 7 heteroatoms. The van der Waals surface area contributed by atoms with Crippen LogP contribution in [-0.2, 0) is 4.74 Å². The number of methoxy groups -OCH3 is 1. The van der Waals surface area contributed by atoms with Gasteiger partial charge in [0.1, 0.15) is 29.7 Å². The molecule has 132 valence electrons. The van der Waals surface area contributed by atoms with E-state index in [2.05, 4.69) is 9.83 Å². The van der Waals surface area contributed by atoms with E-state index in [0.29, 0.717) is 47.1 Å². The third-order valence-electron chi connectivity index (χ3n) is 3.65. The number of benzene rings is 2. The third kappa shape index (κ3) is 3.66. The van der Waals surface area contributed by atoms with Gasteiger partial charge in [-0.25, -0.2) is 9.24 Å². The highest BCUT2D eigenvalue weighted by atomic mass is 19.1. The fraction of sp³-hybridized carbons (Fsp3) is 0.158. The van der Waals surface area contributed by atoms with E-state index in [-0.39, 0.29) is 5.69 Å². The lowest BCUT2D eigenvalue weighted by atomic mass is 10.1. The molecule has 0 saturated heterocycles. The molecule has 0 atom stereocenters. The molecule has 1 aromatic heterocycles. The molecule has 2 aromatic carbocycles. The minimum atomic E-state index is -0.559. The van der Waals surface area contributed by atoms with Crippen molar-refractivity contribution in [3.05, 3.63) is 59.8 Å². The molecule has 0 saturated carbocycles. The molecular formula is C19H16FN3O3. The third-order valence-corrected chi connectivity index (χ3v) is 3.65. The summed E-state index contributed by atoms with van der Waals surface area (Å²) in [6.45, 7) is 8.11. The molecule has 0 fully saturated rings. The highest BCUT2D eigenvalue weighted by Gasteiger charge is 2.12. The minimum Gasteiger partial charge on any atom is -0.502 e. The summed E-state index contributed by atoms with van der Waals surface area (Å²) in [4.78, 5) is 7.79. The van der Waals surface area contributed by atoms with Crippen molar-refractivity contribution in [2.24, 2.45) is 0 Å². The lowest BCUT2D eigenvalue weighted by Gasteiger charge is -2.12. The van der Waals surface area contributed by atoms with Gasteiger partial charge in [0.05, 0.1) is 24.4 Å². The lowest BCUT2D eigenvalue weighted by Crippen LogP contribution is -2.04. The summed E-state index contributed by atoms with van der Waals surface area (Å²) in [5.41, 5.74) is 6.45. The van der Waals surface area contributed by atoms with E-state index in [9.17, 15) is 4.39 Å². The van der Waals surface area contributed by atoms with E-state index in [1.165, 1.54) is 12.1 Å². The maximum absolute atomic E-state index is 13.6. The average molecular weight is 353 g/mol. The van der Waals surface area contributed by atoms with E-state index < -0.39 is 5.82 Å². The molecule has 0 spiro atoms. The van der Waals surface area contributed by atoms with Crippen molar-refractivity contribution in [2.75, 3.05) is 26.1 Å². The van der Waals surface area contributed by atoms with Gasteiger partial charge < -0.3 is 19.9 Å². The fourth-order valence-corrected chi connectivity index (χ4v) is 2.36. The van der Waals surface area contributed by atoms with Gasteiger partial charge in [-0.05, 0) is 30.3 Å². The number of nitrogen functional groups attached to an aromatic ring is 1. The van der Waals surface area contributed by atoms with Crippen LogP contribution >= 0.6 is 0 Å². The second kappa shape index (κ2) is 7.68. The van der Waals surface area contributed by atoms with Gasteiger partial charge in [0.15, 0.2) is 0 Å². The molecule has 0 aliphatic heterocycles. The Bertz CT molecular complexity index is 986. The largest absolute Gasteiger partial charge is 0.502 e. The smallest absolute Gasteiger partial charge is 0.229 e. The van der Waals surface area contributed by atoms with Gasteiger partial charge in [0.2, 0.25) is 5.69 Å². The van der Waals surface area contributed by atoms with Crippen LogP contribution in [0.15, 0.2) is 42.6 Å². The SMILES string of the molecule is [C-]#[N+]c1cc2c(Oc3ccc(N)c(F)c3)ccnc2cc1OCCOC. The van der Waals surface area contributed by atoms with Crippen LogP contribution in [-0.4, -0.2) is 25.3 Å². The van der Waals surface area contributed by atoms with Gasteiger partial charge in [-0.15, -0.1) is 0 Å². The Morgan fingerprint density at radius 3 is 2.73 bits per heavy atom. The van der Waals surface area contributed by atoms with Gasteiger partial charge in [0, 0.05) is 24.8 Å². The number of anilines is 1. The Morgan fingerprint density at radius 1 is 1.15 bits per heavy atom. The van der Waals surface area contributed by atoms with Gasteiger partial charge in [-0.1, -0.05) is 0 Å². The zero-order chi connectivity index (χ0) is 18.5. The first-order chi connectivity index (χ1) is 12.6. The number of rotatable bonds is 6. The zero-order valence-corrected chi connectivity index (χ0v) is 14.0. The van der Waals surface area contributed by atoms with Crippen LogP contribution in [0.4, 0.5) is 15.8 Å². The Labute approximate surface area is 149 Å². The Kier molecular flexibility index (Phi) is 5.15. The quantitative estimate of drug-likeness (QED) is 0.406. The maximum atomic E-state index is 13.6. The van der Waals surface area contributed by atoms with E-state index >= 15 is 0 Å². The molecule has 0 bridgehead atoms. The summed E-state index contributed by atoms with van der Waals surface area (Å²) in [7, 11) is 1.57. The summed E-state index contributed by atoms with van der Waals surface area (Å²) in [5.74, 6) is 0.616. The van der Waals surface area contributed by atoms with Crippen molar-refractivity contribution in [3.8, 4) is 17.2 Å². The van der Waals surface area contributed by atoms with Gasteiger partial charge in [-0.2, -0.15) is 0 Å². The maximum Gasteiger partial charge on any atom is 0.229 e. The minimum absolute atomic E-state index is 0.0464. The summed E-state index contributed by atoms with van der Waals surface area (Å²) in [6.07, 6.45) is 1.57. The lowest BCUT2D eigenvalue weighted by molar-refractivity contribution is 0.147. The number of ether oxygens (including phenoxy) is 3. The first kappa shape index (κ1) is 17.5. The predicted octanol–water partition coefficient (Wildman–Crippen LogP) is 4.32. The molecule has 0 aliphatic rings. The molecule has 26 heavy (non-hydrogen) atoms. The number of hydrogen-bond donors (Lipinski definition) is 1. The number of fused-ring (bicyclic) bond motifs is 1. The Morgan fingerprint density at radius 2 is 2.00 bits per heavy atom. The van der Waals surface area contributed by atoms with Crippen molar-refractivity contribution in [1.82, 2.24) is 4.98 Å². The van der Waals surface area contributed by atoms with Crippen molar-refractivity contribution in [2.45, 2.75) is 0 Å². The zero-order valence-electron chi connectivity index (χ0n) is 14.0. The molecule has 2 N–H and O–H groups in total. The summed E-state index contributed by atoms with van der Waals surface area (Å²) < 4.78 is 29.9. The van der Waals surface area contributed by atoms with Crippen LogP contribution in [0.5, 0.6) is 17.2 Å². The van der Waals surface area contributed by atoms with Crippen LogP contribution in [0.1, 0.15) is 0 Å². The van der Waals surface area contributed by atoms with Crippen molar-refractivity contribution < 1.29 is 18.6 Å². The first-order valence-electron chi connectivity index (χ1n) is 7.77. The number of aromatic nitrogens is 1.